The number of alkyl carbamates (subject to hydrolysis) is 1. The van der Waals surface area contributed by atoms with Crippen LogP contribution in [0.25, 0.3) is 0 Å². The van der Waals surface area contributed by atoms with E-state index in [0.717, 1.165) is 154 Å². The zero-order valence-corrected chi connectivity index (χ0v) is 45.2. The average Bonchev–Trinajstić information content (AvgIpc) is 3.33. The van der Waals surface area contributed by atoms with Crippen molar-refractivity contribution < 1.29 is 67.0 Å². The van der Waals surface area contributed by atoms with Crippen LogP contribution in [0.4, 0.5) is 4.79 Å². The molecule has 1 heterocycles. The molecule has 4 atom stereocenters. The van der Waals surface area contributed by atoms with E-state index in [9.17, 15) is 33.9 Å². The number of rotatable bonds is 48. The molecule has 414 valence electrons. The van der Waals surface area contributed by atoms with Crippen LogP contribution in [0.1, 0.15) is 227 Å². The predicted octanol–water partition coefficient (Wildman–Crippen LogP) is 10.9. The van der Waals surface area contributed by atoms with Gasteiger partial charge in [0.25, 0.3) is 0 Å². The van der Waals surface area contributed by atoms with Gasteiger partial charge in [-0.2, -0.15) is 0 Å². The lowest BCUT2D eigenvalue weighted by Gasteiger charge is -2.37. The Hall–Kier alpha value is -3.50. The van der Waals surface area contributed by atoms with Crippen molar-refractivity contribution >= 4 is 35.9 Å². The van der Waals surface area contributed by atoms with Crippen LogP contribution >= 0.6 is 0 Å². The number of nitrogens with zero attached hydrogens (tertiary/aromatic N) is 1. The van der Waals surface area contributed by atoms with Crippen molar-refractivity contribution in [3.8, 4) is 0 Å². The number of aliphatic hydroxyl groups is 1. The van der Waals surface area contributed by atoms with Crippen molar-refractivity contribution in [2.75, 3.05) is 59.8 Å². The van der Waals surface area contributed by atoms with Crippen LogP contribution in [0.15, 0.2) is 0 Å². The maximum atomic E-state index is 13.4. The Labute approximate surface area is 428 Å². The second-order valence-corrected chi connectivity index (χ2v) is 19.8. The fraction of sp³-hybridized carbons (Fsp3) is 0.891. The molecule has 0 spiro atoms. The molecule has 0 aromatic heterocycles. The number of aliphatic hydroxyl groups excluding tert-OH is 1. The monoisotopic (exact) mass is 1010 g/mol. The number of amides is 1. The van der Waals surface area contributed by atoms with E-state index in [1.54, 1.807) is 0 Å². The molecule has 4 unspecified atom stereocenters. The van der Waals surface area contributed by atoms with Crippen LogP contribution in [0.2, 0.25) is 0 Å². The molecule has 71 heavy (non-hydrogen) atoms. The highest BCUT2D eigenvalue weighted by molar-refractivity contribution is 5.77. The average molecular weight is 1010 g/mol. The Balaban J connectivity index is 3.00. The van der Waals surface area contributed by atoms with Gasteiger partial charge in [0.15, 0.2) is 6.29 Å². The van der Waals surface area contributed by atoms with Gasteiger partial charge in [0, 0.05) is 51.2 Å². The number of esters is 5. The number of carbonyl (C=O) groups excluding carboxylic acids is 6. The third kappa shape index (κ3) is 38.7. The number of carbonyl (C=O) groups is 6. The van der Waals surface area contributed by atoms with Crippen LogP contribution in [0, 0.1) is 11.8 Å². The van der Waals surface area contributed by atoms with E-state index in [4.69, 9.17) is 33.2 Å². The van der Waals surface area contributed by atoms with Crippen molar-refractivity contribution in [1.29, 1.82) is 0 Å². The number of hydrogen-bond donors (Lipinski definition) is 2. The number of hydrogen-bond acceptors (Lipinski definition) is 15. The Morgan fingerprint density at radius 3 is 1.20 bits per heavy atom. The fourth-order valence-electron chi connectivity index (χ4n) is 8.27. The van der Waals surface area contributed by atoms with Crippen molar-refractivity contribution in [2.24, 2.45) is 11.8 Å². The quantitative estimate of drug-likeness (QED) is 0.0252. The van der Waals surface area contributed by atoms with Gasteiger partial charge >= 0.3 is 35.9 Å². The van der Waals surface area contributed by atoms with Gasteiger partial charge in [0.1, 0.15) is 25.9 Å². The van der Waals surface area contributed by atoms with Crippen LogP contribution in [-0.2, 0) is 57.1 Å². The second-order valence-electron chi connectivity index (χ2n) is 19.8. The van der Waals surface area contributed by atoms with Crippen LogP contribution in [-0.4, -0.2) is 124 Å². The van der Waals surface area contributed by atoms with E-state index in [2.05, 4.69) is 37.9 Å². The normalized spacial score (nSPS) is 14.8. The second kappa shape index (κ2) is 45.1. The molecule has 16 nitrogen and oxygen atoms in total. The minimum atomic E-state index is -1.21. The first kappa shape index (κ1) is 65.5. The molecule has 0 radical (unpaired) electrons. The molecule has 0 bridgehead atoms. The number of likely N-dealkylation sites (N-methyl/N-ethyl adjacent to an activating group) is 1. The van der Waals surface area contributed by atoms with E-state index < -0.39 is 73.3 Å². The summed E-state index contributed by atoms with van der Waals surface area (Å²) in [6.45, 7) is 9.94. The van der Waals surface area contributed by atoms with Gasteiger partial charge in [0.05, 0.1) is 19.8 Å². The molecule has 2 N–H and O–H groups in total. The Kier molecular flexibility index (Phi) is 41.7. The number of ether oxygens (including phenoxy) is 7. The summed E-state index contributed by atoms with van der Waals surface area (Å²) in [4.78, 5) is 80.7. The van der Waals surface area contributed by atoms with Crippen LogP contribution < -0.4 is 5.32 Å². The first-order valence-electron chi connectivity index (χ1n) is 28.1. The molecule has 1 rings (SSSR count). The molecular weight excluding hydrogens is 913 g/mol. The first-order chi connectivity index (χ1) is 34.4. The number of likely N-dealkylation sites (tertiary alicyclic amines) is 1. The Bertz CT molecular complexity index is 1350. The van der Waals surface area contributed by atoms with Crippen LogP contribution in [0.5, 0.6) is 0 Å². The van der Waals surface area contributed by atoms with Gasteiger partial charge in [-0.15, -0.1) is 0 Å². The highest BCUT2D eigenvalue weighted by Gasteiger charge is 2.29. The van der Waals surface area contributed by atoms with Gasteiger partial charge < -0.3 is 43.6 Å². The lowest BCUT2D eigenvalue weighted by atomic mass is 9.97. The summed E-state index contributed by atoms with van der Waals surface area (Å²) in [5, 5.41) is 13.4. The lowest BCUT2D eigenvalue weighted by molar-refractivity contribution is -0.152. The minimum absolute atomic E-state index is 0.00136. The molecule has 1 amide bonds. The maximum Gasteiger partial charge on any atom is 0.407 e. The van der Waals surface area contributed by atoms with Gasteiger partial charge in [-0.25, -0.2) is 4.79 Å². The number of unbranched alkanes of at least 4 members (excludes halogenated alkanes) is 20. The molecule has 16 heteroatoms. The van der Waals surface area contributed by atoms with Gasteiger partial charge in [-0.1, -0.05) is 156 Å². The van der Waals surface area contributed by atoms with E-state index in [-0.39, 0.29) is 71.0 Å². The lowest BCUT2D eigenvalue weighted by Crippen LogP contribution is -2.49. The molecule has 1 saturated heterocycles. The van der Waals surface area contributed by atoms with Crippen molar-refractivity contribution in [2.45, 2.75) is 245 Å². The van der Waals surface area contributed by atoms with Gasteiger partial charge in [-0.05, 0) is 57.5 Å². The van der Waals surface area contributed by atoms with Gasteiger partial charge in [-0.3, -0.25) is 28.9 Å². The Morgan fingerprint density at radius 2 is 0.831 bits per heavy atom. The summed E-state index contributed by atoms with van der Waals surface area (Å²) in [5.74, 6) is -4.39. The largest absolute Gasteiger partial charge is 0.466 e. The third-order valence-corrected chi connectivity index (χ3v) is 13.0. The summed E-state index contributed by atoms with van der Waals surface area (Å²) in [6, 6.07) is -0.967. The predicted molar refractivity (Wildman–Crippen MR) is 274 cm³/mol. The molecule has 1 aliphatic rings. The summed E-state index contributed by atoms with van der Waals surface area (Å²) in [6.07, 6.45) is 22.7. The van der Waals surface area contributed by atoms with Crippen LogP contribution in [0.3, 0.4) is 0 Å². The van der Waals surface area contributed by atoms with E-state index in [1.807, 2.05) is 7.05 Å². The topological polar surface area (TPSA) is 203 Å². The molecule has 1 fully saturated rings. The van der Waals surface area contributed by atoms with Crippen molar-refractivity contribution in [1.82, 2.24) is 10.2 Å². The molecule has 0 aliphatic carbocycles. The minimum Gasteiger partial charge on any atom is -0.466 e. The van der Waals surface area contributed by atoms with Crippen molar-refractivity contribution in [3.05, 3.63) is 0 Å². The summed E-state index contributed by atoms with van der Waals surface area (Å²) >= 11 is 0. The number of nitrogens with one attached hydrogen (secondary N) is 1. The summed E-state index contributed by atoms with van der Waals surface area (Å²) < 4.78 is 38.8. The Morgan fingerprint density at radius 1 is 0.479 bits per heavy atom. The zero-order chi connectivity index (χ0) is 52.2. The van der Waals surface area contributed by atoms with Gasteiger partial charge in [0.2, 0.25) is 0 Å². The molecule has 0 saturated carbocycles. The van der Waals surface area contributed by atoms with E-state index in [0.29, 0.717) is 6.61 Å². The standard InChI is InChI=1S/C55H100N2O14/c1-6-10-14-18-22-26-32-65-49(58)36-45(37-50(59)66-33-27-23-19-15-11-7-2)40-53(62)69-42-47(56-55(64)71-44-48-30-31-57(48)5)43-70-54(63)41-46(38-51(60)67-34-28-24-20-16-12-8-3)39-52(61)68-35-29-25-21-17-13-9-4/h45-49,58H,6-44H2,1-5H3,(H,56,64). The SMILES string of the molecule is CCCCCCCCOC(=O)CC(CC(=O)OCCCCCCCC)CC(=O)OCC(COC(=O)CC(CC(=O)OCCCCCCCC)CC(O)OCCCCCCCC)NC(=O)OCC1CCN1C. The first-order valence-corrected chi connectivity index (χ1v) is 28.1. The highest BCUT2D eigenvalue weighted by atomic mass is 16.6. The fourth-order valence-corrected chi connectivity index (χ4v) is 8.27. The maximum absolute atomic E-state index is 13.4. The summed E-state index contributed by atoms with van der Waals surface area (Å²) in [5.41, 5.74) is 0. The highest BCUT2D eigenvalue weighted by Crippen LogP contribution is 2.21. The molecule has 1 aliphatic heterocycles. The summed E-state index contributed by atoms with van der Waals surface area (Å²) in [7, 11) is 1.93. The van der Waals surface area contributed by atoms with Crippen molar-refractivity contribution in [3.63, 3.8) is 0 Å². The molecule has 0 aromatic carbocycles. The third-order valence-electron chi connectivity index (χ3n) is 13.0. The van der Waals surface area contributed by atoms with E-state index in [1.165, 1.54) is 12.8 Å². The van der Waals surface area contributed by atoms with E-state index >= 15 is 0 Å². The zero-order valence-electron chi connectivity index (χ0n) is 45.2. The molecule has 0 aromatic rings. The molecular formula is C55H100N2O14. The smallest absolute Gasteiger partial charge is 0.407 e.